The topological polar surface area (TPSA) is 49.9 Å². The number of nitrogens with zero attached hydrogens (tertiary/aromatic N) is 2. The Hall–Kier alpha value is -1.59. The van der Waals surface area contributed by atoms with Crippen LogP contribution in [0.25, 0.3) is 0 Å². The van der Waals surface area contributed by atoms with E-state index in [0.29, 0.717) is 31.2 Å². The number of hydrogen-bond donors (Lipinski definition) is 0. The van der Waals surface area contributed by atoms with Crippen LogP contribution in [0, 0.1) is 5.92 Å². The number of hydrogen-bond acceptors (Lipinski definition) is 4. The summed E-state index contributed by atoms with van der Waals surface area (Å²) >= 11 is 6.29. The lowest BCUT2D eigenvalue weighted by atomic mass is 9.84. The Labute approximate surface area is 147 Å². The Morgan fingerprint density at radius 3 is 2.38 bits per heavy atom. The van der Waals surface area contributed by atoms with E-state index in [1.165, 1.54) is 7.11 Å². The molecule has 2 fully saturated rings. The first-order valence-corrected chi connectivity index (χ1v) is 8.84. The van der Waals surface area contributed by atoms with Crippen LogP contribution in [-0.4, -0.2) is 55.0 Å². The van der Waals surface area contributed by atoms with Gasteiger partial charge in [-0.25, -0.2) is 4.79 Å². The highest BCUT2D eigenvalue weighted by atomic mass is 35.5. The molecule has 1 heterocycles. The van der Waals surface area contributed by atoms with Gasteiger partial charge in [0.25, 0.3) is 0 Å². The van der Waals surface area contributed by atoms with Gasteiger partial charge >= 0.3 is 5.97 Å². The molecule has 1 unspecified atom stereocenters. The summed E-state index contributed by atoms with van der Waals surface area (Å²) in [7, 11) is 1.39. The first-order chi connectivity index (χ1) is 11.6. The molecule has 1 atom stereocenters. The fraction of sp³-hybridized carbons (Fsp3) is 0.556. The molecule has 0 radical (unpaired) electrons. The minimum Gasteiger partial charge on any atom is -0.468 e. The van der Waals surface area contributed by atoms with Crippen molar-refractivity contribution in [3.63, 3.8) is 0 Å². The first kappa shape index (κ1) is 17.2. The molecule has 1 aromatic rings. The van der Waals surface area contributed by atoms with Gasteiger partial charge in [-0.3, -0.25) is 9.69 Å². The van der Waals surface area contributed by atoms with Crippen molar-refractivity contribution in [3.8, 4) is 0 Å². The van der Waals surface area contributed by atoms with Crippen LogP contribution >= 0.6 is 11.6 Å². The number of carbonyl (C=O) groups excluding carboxylic acids is 2. The molecule has 1 saturated heterocycles. The lowest BCUT2D eigenvalue weighted by molar-refractivity contribution is -0.149. The predicted octanol–water partition coefficient (Wildman–Crippen LogP) is 2.50. The van der Waals surface area contributed by atoms with E-state index in [1.807, 2.05) is 23.1 Å². The SMILES string of the molecule is COC(=O)C(c1ccccc1Cl)N1CCN(C(=O)C2CCC2)CC1. The third-order valence-electron chi connectivity index (χ3n) is 5.07. The Bertz CT molecular complexity index is 610. The number of carbonyl (C=O) groups is 2. The maximum Gasteiger partial charge on any atom is 0.327 e. The van der Waals surface area contributed by atoms with Crippen LogP contribution in [0.5, 0.6) is 0 Å². The average molecular weight is 351 g/mol. The zero-order chi connectivity index (χ0) is 17.1. The summed E-state index contributed by atoms with van der Waals surface area (Å²) < 4.78 is 4.99. The van der Waals surface area contributed by atoms with Crippen molar-refractivity contribution in [2.45, 2.75) is 25.3 Å². The molecule has 0 spiro atoms. The van der Waals surface area contributed by atoms with Crippen LogP contribution in [0.15, 0.2) is 24.3 Å². The highest BCUT2D eigenvalue weighted by Crippen LogP contribution is 2.31. The predicted molar refractivity (Wildman–Crippen MR) is 91.7 cm³/mol. The van der Waals surface area contributed by atoms with Crippen molar-refractivity contribution in [2.75, 3.05) is 33.3 Å². The van der Waals surface area contributed by atoms with E-state index in [9.17, 15) is 9.59 Å². The number of benzene rings is 1. The smallest absolute Gasteiger partial charge is 0.327 e. The summed E-state index contributed by atoms with van der Waals surface area (Å²) in [6.45, 7) is 2.58. The molecule has 130 valence electrons. The third kappa shape index (κ3) is 3.42. The molecule has 1 saturated carbocycles. The van der Waals surface area contributed by atoms with Crippen molar-refractivity contribution < 1.29 is 14.3 Å². The zero-order valence-electron chi connectivity index (χ0n) is 13.9. The Morgan fingerprint density at radius 2 is 1.83 bits per heavy atom. The molecule has 1 amide bonds. The fourth-order valence-electron chi connectivity index (χ4n) is 3.40. The molecule has 24 heavy (non-hydrogen) atoms. The summed E-state index contributed by atoms with van der Waals surface area (Å²) in [4.78, 5) is 28.7. The maximum atomic E-state index is 12.4. The standard InChI is InChI=1S/C18H23ClN2O3/c1-24-18(23)16(14-7-2-3-8-15(14)19)20-9-11-21(12-10-20)17(22)13-5-4-6-13/h2-3,7-8,13,16H,4-6,9-12H2,1H3. The van der Waals surface area contributed by atoms with Crippen LogP contribution in [0.2, 0.25) is 5.02 Å². The fourth-order valence-corrected chi connectivity index (χ4v) is 3.63. The van der Waals surface area contributed by atoms with Gasteiger partial charge in [-0.2, -0.15) is 0 Å². The summed E-state index contributed by atoms with van der Waals surface area (Å²) in [6, 6.07) is 6.83. The zero-order valence-corrected chi connectivity index (χ0v) is 14.7. The molecule has 1 aromatic carbocycles. The summed E-state index contributed by atoms with van der Waals surface area (Å²) in [6.07, 6.45) is 3.19. The van der Waals surface area contributed by atoms with Gasteiger partial charge in [-0.1, -0.05) is 36.2 Å². The van der Waals surface area contributed by atoms with E-state index in [0.717, 1.165) is 24.8 Å². The molecule has 3 rings (SSSR count). The van der Waals surface area contributed by atoms with Crippen molar-refractivity contribution >= 4 is 23.5 Å². The average Bonchev–Trinajstić information content (AvgIpc) is 2.55. The van der Waals surface area contributed by atoms with Crippen LogP contribution in [0.4, 0.5) is 0 Å². The van der Waals surface area contributed by atoms with Gasteiger partial charge in [-0.05, 0) is 24.5 Å². The lowest BCUT2D eigenvalue weighted by Crippen LogP contribution is -2.53. The third-order valence-corrected chi connectivity index (χ3v) is 5.41. The summed E-state index contributed by atoms with van der Waals surface area (Å²) in [5.41, 5.74) is 0.754. The number of halogens is 1. The number of esters is 1. The number of ether oxygens (including phenoxy) is 1. The molecule has 2 aliphatic rings. The summed E-state index contributed by atoms with van der Waals surface area (Å²) in [5, 5.41) is 0.556. The van der Waals surface area contributed by atoms with E-state index in [-0.39, 0.29) is 17.8 Å². The van der Waals surface area contributed by atoms with Crippen molar-refractivity contribution in [3.05, 3.63) is 34.9 Å². The molecule has 0 aromatic heterocycles. The quantitative estimate of drug-likeness (QED) is 0.783. The van der Waals surface area contributed by atoms with E-state index in [4.69, 9.17) is 16.3 Å². The second-order valence-electron chi connectivity index (χ2n) is 6.44. The Kier molecular flexibility index (Phi) is 5.41. The number of amides is 1. The molecule has 0 N–H and O–H groups in total. The Balaban J connectivity index is 1.70. The molecule has 5 nitrogen and oxygen atoms in total. The largest absolute Gasteiger partial charge is 0.468 e. The molecule has 1 aliphatic heterocycles. The van der Waals surface area contributed by atoms with E-state index in [1.54, 1.807) is 6.07 Å². The van der Waals surface area contributed by atoms with Crippen LogP contribution < -0.4 is 0 Å². The highest BCUT2D eigenvalue weighted by molar-refractivity contribution is 6.31. The second-order valence-corrected chi connectivity index (χ2v) is 6.84. The number of rotatable bonds is 4. The van der Waals surface area contributed by atoms with Gasteiger partial charge in [0.2, 0.25) is 5.91 Å². The van der Waals surface area contributed by atoms with Crippen molar-refractivity contribution in [1.82, 2.24) is 9.80 Å². The monoisotopic (exact) mass is 350 g/mol. The van der Waals surface area contributed by atoms with Crippen molar-refractivity contribution in [2.24, 2.45) is 5.92 Å². The Morgan fingerprint density at radius 1 is 1.17 bits per heavy atom. The normalized spacial score (nSPS) is 20.3. The van der Waals surface area contributed by atoms with E-state index in [2.05, 4.69) is 4.90 Å². The molecule has 6 heteroatoms. The van der Waals surface area contributed by atoms with Crippen molar-refractivity contribution in [1.29, 1.82) is 0 Å². The van der Waals surface area contributed by atoms with Gasteiger partial charge in [-0.15, -0.1) is 0 Å². The second kappa shape index (κ2) is 7.53. The maximum absolute atomic E-state index is 12.4. The first-order valence-electron chi connectivity index (χ1n) is 8.47. The summed E-state index contributed by atoms with van der Waals surface area (Å²) in [5.74, 6) is 0.173. The molecular formula is C18H23ClN2O3. The van der Waals surface area contributed by atoms with Gasteiger partial charge < -0.3 is 9.64 Å². The van der Waals surface area contributed by atoms with Crippen LogP contribution in [0.3, 0.4) is 0 Å². The highest BCUT2D eigenvalue weighted by Gasteiger charge is 2.35. The number of methoxy groups -OCH3 is 1. The molecular weight excluding hydrogens is 328 g/mol. The van der Waals surface area contributed by atoms with Gasteiger partial charge in [0.05, 0.1) is 7.11 Å². The molecule has 1 aliphatic carbocycles. The minimum atomic E-state index is -0.523. The molecule has 0 bridgehead atoms. The van der Waals surface area contributed by atoms with Crippen LogP contribution in [-0.2, 0) is 14.3 Å². The minimum absolute atomic E-state index is 0.219. The van der Waals surface area contributed by atoms with Crippen LogP contribution in [0.1, 0.15) is 30.9 Å². The van der Waals surface area contributed by atoms with E-state index < -0.39 is 6.04 Å². The van der Waals surface area contributed by atoms with Gasteiger partial charge in [0.15, 0.2) is 0 Å². The lowest BCUT2D eigenvalue weighted by Gasteiger charge is -2.40. The van der Waals surface area contributed by atoms with Gasteiger partial charge in [0, 0.05) is 37.1 Å². The van der Waals surface area contributed by atoms with E-state index >= 15 is 0 Å². The van der Waals surface area contributed by atoms with Gasteiger partial charge in [0.1, 0.15) is 6.04 Å². The number of piperazine rings is 1.